The molecule has 9 heteroatoms. The molecular formula is C21H16Cl2N2O5. The molecule has 154 valence electrons. The fraction of sp³-hybridized carbons (Fsp3) is 0.0952. The minimum Gasteiger partial charge on any atom is -0.486 e. The van der Waals surface area contributed by atoms with Crippen molar-refractivity contribution in [3.63, 3.8) is 0 Å². The number of nitrogens with one attached hydrogen (secondary N) is 1. The van der Waals surface area contributed by atoms with Crippen molar-refractivity contribution in [3.8, 4) is 5.75 Å². The normalized spacial score (nSPS) is 14.7. The molecule has 30 heavy (non-hydrogen) atoms. The second-order valence-electron chi connectivity index (χ2n) is 6.30. The SMILES string of the molecule is C=CCN1C(=O)NC(=Cc2cc(Cl)c(OCc3ccc(C(=O)O)cc3)c(Cl)c2)C1=O. The number of aromatic carboxylic acids is 1. The van der Waals surface area contributed by atoms with Crippen molar-refractivity contribution in [1.82, 2.24) is 10.2 Å². The quantitative estimate of drug-likeness (QED) is 0.374. The van der Waals surface area contributed by atoms with Crippen molar-refractivity contribution < 1.29 is 24.2 Å². The first-order valence-corrected chi connectivity index (χ1v) is 9.45. The van der Waals surface area contributed by atoms with Crippen molar-refractivity contribution >= 4 is 47.2 Å². The third-order valence-corrected chi connectivity index (χ3v) is 4.75. The van der Waals surface area contributed by atoms with Gasteiger partial charge in [0.25, 0.3) is 5.91 Å². The summed E-state index contributed by atoms with van der Waals surface area (Å²) in [4.78, 5) is 36.0. The Balaban J connectivity index is 1.75. The second-order valence-corrected chi connectivity index (χ2v) is 7.11. The minimum atomic E-state index is -1.01. The van der Waals surface area contributed by atoms with E-state index in [1.54, 1.807) is 24.3 Å². The number of benzene rings is 2. The Morgan fingerprint density at radius 2 is 1.80 bits per heavy atom. The summed E-state index contributed by atoms with van der Waals surface area (Å²) in [5, 5.41) is 11.9. The van der Waals surface area contributed by atoms with Gasteiger partial charge in [0.15, 0.2) is 5.75 Å². The van der Waals surface area contributed by atoms with Crippen molar-refractivity contribution in [1.29, 1.82) is 0 Å². The molecule has 1 aliphatic heterocycles. The third kappa shape index (κ3) is 4.64. The molecule has 0 spiro atoms. The highest BCUT2D eigenvalue weighted by Crippen LogP contribution is 2.35. The number of carboxylic acid groups (broad SMARTS) is 1. The van der Waals surface area contributed by atoms with Crippen LogP contribution in [0.2, 0.25) is 10.0 Å². The van der Waals surface area contributed by atoms with E-state index in [9.17, 15) is 14.4 Å². The fourth-order valence-electron chi connectivity index (χ4n) is 2.73. The van der Waals surface area contributed by atoms with Crippen LogP contribution in [0.15, 0.2) is 54.8 Å². The maximum absolute atomic E-state index is 12.3. The number of carboxylic acids is 1. The summed E-state index contributed by atoms with van der Waals surface area (Å²) in [5.41, 5.74) is 1.51. The first kappa shape index (κ1) is 21.4. The molecule has 0 saturated carbocycles. The molecule has 0 aromatic heterocycles. The molecule has 1 fully saturated rings. The first-order valence-electron chi connectivity index (χ1n) is 8.69. The van der Waals surface area contributed by atoms with E-state index in [-0.39, 0.29) is 40.2 Å². The molecule has 2 N–H and O–H groups in total. The van der Waals surface area contributed by atoms with Crippen LogP contribution in [0.25, 0.3) is 6.08 Å². The van der Waals surface area contributed by atoms with Gasteiger partial charge in [-0.05, 0) is 41.5 Å². The summed E-state index contributed by atoms with van der Waals surface area (Å²) in [6.45, 7) is 3.75. The number of carbonyl (C=O) groups is 3. The lowest BCUT2D eigenvalue weighted by Crippen LogP contribution is -2.30. The Kier molecular flexibility index (Phi) is 6.44. The van der Waals surface area contributed by atoms with E-state index in [2.05, 4.69) is 11.9 Å². The van der Waals surface area contributed by atoms with Gasteiger partial charge < -0.3 is 15.2 Å². The van der Waals surface area contributed by atoms with E-state index in [4.69, 9.17) is 33.0 Å². The summed E-state index contributed by atoms with van der Waals surface area (Å²) in [7, 11) is 0. The van der Waals surface area contributed by atoms with Crippen LogP contribution in [-0.2, 0) is 11.4 Å². The Hall–Kier alpha value is -3.29. The van der Waals surface area contributed by atoms with Crippen LogP contribution in [0.3, 0.4) is 0 Å². The number of urea groups is 1. The van der Waals surface area contributed by atoms with Gasteiger partial charge in [-0.1, -0.05) is 41.4 Å². The number of imide groups is 1. The van der Waals surface area contributed by atoms with E-state index in [1.807, 2.05) is 0 Å². The molecule has 2 aromatic carbocycles. The maximum Gasteiger partial charge on any atom is 0.335 e. The molecule has 1 aliphatic rings. The molecule has 7 nitrogen and oxygen atoms in total. The van der Waals surface area contributed by atoms with Gasteiger partial charge in [0, 0.05) is 6.54 Å². The summed E-state index contributed by atoms with van der Waals surface area (Å²) in [5.74, 6) is -1.24. The molecule has 1 heterocycles. The lowest BCUT2D eigenvalue weighted by molar-refractivity contribution is -0.122. The van der Waals surface area contributed by atoms with Gasteiger partial charge >= 0.3 is 12.0 Å². The Bertz CT molecular complexity index is 1040. The van der Waals surface area contributed by atoms with E-state index >= 15 is 0 Å². The summed E-state index contributed by atoms with van der Waals surface area (Å²) in [6, 6.07) is 8.79. The van der Waals surface area contributed by atoms with Gasteiger partial charge in [-0.3, -0.25) is 9.69 Å². The second kappa shape index (κ2) is 9.02. The standard InChI is InChI=1S/C21H16Cl2N2O5/c1-2-7-25-19(26)17(24-21(25)29)10-13-8-15(22)18(16(23)9-13)30-11-12-3-5-14(6-4-12)20(27)28/h2-6,8-10H,1,7,11H2,(H,24,29)(H,27,28). The Morgan fingerprint density at radius 3 is 2.37 bits per heavy atom. The number of hydrogen-bond acceptors (Lipinski definition) is 4. The predicted molar refractivity (Wildman–Crippen MR) is 113 cm³/mol. The van der Waals surface area contributed by atoms with Crippen molar-refractivity contribution in [3.05, 3.63) is 81.5 Å². The lowest BCUT2D eigenvalue weighted by Gasteiger charge is -2.11. The first-order chi connectivity index (χ1) is 14.3. The lowest BCUT2D eigenvalue weighted by atomic mass is 10.1. The molecule has 0 radical (unpaired) electrons. The molecule has 3 rings (SSSR count). The number of carbonyl (C=O) groups excluding carboxylic acids is 2. The molecule has 0 unspecified atom stereocenters. The van der Waals surface area contributed by atoms with E-state index < -0.39 is 17.9 Å². The average molecular weight is 447 g/mol. The van der Waals surface area contributed by atoms with E-state index in [1.165, 1.54) is 24.3 Å². The zero-order chi connectivity index (χ0) is 21.8. The average Bonchev–Trinajstić information content (AvgIpc) is 2.95. The van der Waals surface area contributed by atoms with E-state index in [0.29, 0.717) is 5.56 Å². The minimum absolute atomic E-state index is 0.0983. The third-order valence-electron chi connectivity index (χ3n) is 4.19. The number of rotatable bonds is 7. The molecule has 0 bridgehead atoms. The topological polar surface area (TPSA) is 95.9 Å². The molecular weight excluding hydrogens is 431 g/mol. The Labute approximate surface area is 182 Å². The molecule has 0 aliphatic carbocycles. The summed E-state index contributed by atoms with van der Waals surface area (Å²) >= 11 is 12.6. The van der Waals surface area contributed by atoms with Crippen LogP contribution in [0.1, 0.15) is 21.5 Å². The molecule has 3 amide bonds. The smallest absolute Gasteiger partial charge is 0.335 e. The van der Waals surface area contributed by atoms with Crippen LogP contribution in [0, 0.1) is 0 Å². The zero-order valence-electron chi connectivity index (χ0n) is 15.5. The number of halogens is 2. The fourth-order valence-corrected chi connectivity index (χ4v) is 3.35. The summed E-state index contributed by atoms with van der Waals surface area (Å²) in [6.07, 6.45) is 2.92. The largest absolute Gasteiger partial charge is 0.486 e. The van der Waals surface area contributed by atoms with Gasteiger partial charge in [0.05, 0.1) is 15.6 Å². The molecule has 1 saturated heterocycles. The van der Waals surface area contributed by atoms with Crippen LogP contribution in [-0.4, -0.2) is 34.5 Å². The van der Waals surface area contributed by atoms with Crippen molar-refractivity contribution in [2.24, 2.45) is 0 Å². The molecule has 0 atom stereocenters. The number of ether oxygens (including phenoxy) is 1. The van der Waals surface area contributed by atoms with E-state index in [0.717, 1.165) is 10.5 Å². The van der Waals surface area contributed by atoms with Crippen molar-refractivity contribution in [2.75, 3.05) is 6.54 Å². The maximum atomic E-state index is 12.3. The van der Waals surface area contributed by atoms with Crippen LogP contribution >= 0.6 is 23.2 Å². The number of nitrogens with zero attached hydrogens (tertiary/aromatic N) is 1. The highest BCUT2D eigenvalue weighted by atomic mass is 35.5. The van der Waals surface area contributed by atoms with Gasteiger partial charge in [-0.2, -0.15) is 0 Å². The monoisotopic (exact) mass is 446 g/mol. The van der Waals surface area contributed by atoms with Gasteiger partial charge in [0.1, 0.15) is 12.3 Å². The number of hydrogen-bond donors (Lipinski definition) is 2. The van der Waals surface area contributed by atoms with Crippen LogP contribution in [0.4, 0.5) is 4.79 Å². The number of amides is 3. The van der Waals surface area contributed by atoms with Crippen molar-refractivity contribution in [2.45, 2.75) is 6.61 Å². The van der Waals surface area contributed by atoms with Crippen LogP contribution in [0.5, 0.6) is 5.75 Å². The zero-order valence-corrected chi connectivity index (χ0v) is 17.0. The van der Waals surface area contributed by atoms with Gasteiger partial charge in [0.2, 0.25) is 0 Å². The van der Waals surface area contributed by atoms with Crippen LogP contribution < -0.4 is 10.1 Å². The molecule has 2 aromatic rings. The highest BCUT2D eigenvalue weighted by Gasteiger charge is 2.32. The Morgan fingerprint density at radius 1 is 1.17 bits per heavy atom. The summed E-state index contributed by atoms with van der Waals surface area (Å²) < 4.78 is 5.68. The van der Waals surface area contributed by atoms with Gasteiger partial charge in [-0.15, -0.1) is 6.58 Å². The van der Waals surface area contributed by atoms with Gasteiger partial charge in [-0.25, -0.2) is 9.59 Å². The predicted octanol–water partition coefficient (Wildman–Crippen LogP) is 4.35. The highest BCUT2D eigenvalue weighted by molar-refractivity contribution is 6.37.